The zero-order chi connectivity index (χ0) is 17.2. The molecule has 0 aromatic heterocycles. The first-order valence-electron chi connectivity index (χ1n) is 7.55. The normalized spacial score (nSPS) is 18.6. The number of hydrogen-bond donors (Lipinski definition) is 1. The van der Waals surface area contributed by atoms with E-state index in [-0.39, 0.29) is 16.8 Å². The van der Waals surface area contributed by atoms with E-state index in [0.717, 1.165) is 17.0 Å². The molecular weight excluding hydrogens is 321 g/mol. The van der Waals surface area contributed by atoms with Crippen LogP contribution in [0.1, 0.15) is 6.92 Å². The lowest BCUT2D eigenvalue weighted by Crippen LogP contribution is -3.19. The highest BCUT2D eigenvalue weighted by atomic mass is 32.2. The van der Waals surface area contributed by atoms with Crippen LogP contribution < -0.4 is 4.90 Å². The van der Waals surface area contributed by atoms with Crippen molar-refractivity contribution in [1.29, 1.82) is 0 Å². The van der Waals surface area contributed by atoms with Gasteiger partial charge in [0.1, 0.15) is 5.82 Å². The number of nitrogens with zero attached hydrogens (tertiary/aromatic N) is 2. The van der Waals surface area contributed by atoms with Crippen molar-refractivity contribution in [3.63, 3.8) is 0 Å². The standard InChI is InChI=1S/C15H22FN3O3S/c1-12(15(20)17(2)3)18-8-10-19(11-9-18)23(21,22)14-6-4-13(16)5-7-14/h4-7,12H,8-11H2,1-3H3/p+1/t12-/m0/s1. The summed E-state index contributed by atoms with van der Waals surface area (Å²) in [4.78, 5) is 14.7. The zero-order valence-corrected chi connectivity index (χ0v) is 14.4. The van der Waals surface area contributed by atoms with Gasteiger partial charge in [-0.15, -0.1) is 0 Å². The highest BCUT2D eigenvalue weighted by Crippen LogP contribution is 2.16. The van der Waals surface area contributed by atoms with Crippen LogP contribution in [0, 0.1) is 5.82 Å². The van der Waals surface area contributed by atoms with Gasteiger partial charge in [0.05, 0.1) is 31.1 Å². The van der Waals surface area contributed by atoms with E-state index in [1.165, 1.54) is 16.4 Å². The molecular formula is C15H23FN3O3S+. The van der Waals surface area contributed by atoms with E-state index in [4.69, 9.17) is 0 Å². The zero-order valence-electron chi connectivity index (χ0n) is 13.6. The number of sulfonamides is 1. The van der Waals surface area contributed by atoms with Gasteiger partial charge in [-0.3, -0.25) is 4.79 Å². The van der Waals surface area contributed by atoms with Gasteiger partial charge in [0.15, 0.2) is 6.04 Å². The number of carbonyl (C=O) groups excluding carboxylic acids is 1. The van der Waals surface area contributed by atoms with Crippen molar-refractivity contribution in [2.75, 3.05) is 40.3 Å². The molecule has 128 valence electrons. The predicted octanol–water partition coefficient (Wildman–Crippen LogP) is -0.808. The van der Waals surface area contributed by atoms with E-state index in [9.17, 15) is 17.6 Å². The van der Waals surface area contributed by atoms with Crippen LogP contribution in [0.5, 0.6) is 0 Å². The highest BCUT2D eigenvalue weighted by Gasteiger charge is 2.34. The molecule has 0 radical (unpaired) electrons. The van der Waals surface area contributed by atoms with E-state index in [1.54, 1.807) is 19.0 Å². The molecule has 1 N–H and O–H groups in total. The molecule has 1 heterocycles. The number of benzene rings is 1. The van der Waals surface area contributed by atoms with Crippen LogP contribution in [0.25, 0.3) is 0 Å². The second-order valence-electron chi connectivity index (χ2n) is 5.97. The van der Waals surface area contributed by atoms with Crippen molar-refractivity contribution in [3.05, 3.63) is 30.1 Å². The second-order valence-corrected chi connectivity index (χ2v) is 7.91. The molecule has 23 heavy (non-hydrogen) atoms. The van der Waals surface area contributed by atoms with Crippen LogP contribution in [-0.2, 0) is 14.8 Å². The first-order chi connectivity index (χ1) is 10.7. The van der Waals surface area contributed by atoms with Gasteiger partial charge in [0, 0.05) is 14.1 Å². The predicted molar refractivity (Wildman–Crippen MR) is 84.0 cm³/mol. The lowest BCUT2D eigenvalue weighted by Gasteiger charge is -2.34. The van der Waals surface area contributed by atoms with Gasteiger partial charge >= 0.3 is 0 Å². The van der Waals surface area contributed by atoms with Crippen molar-refractivity contribution >= 4 is 15.9 Å². The van der Waals surface area contributed by atoms with Gasteiger partial charge in [0.2, 0.25) is 10.0 Å². The lowest BCUT2D eigenvalue weighted by molar-refractivity contribution is -0.917. The molecule has 1 aliphatic rings. The molecule has 0 unspecified atom stereocenters. The summed E-state index contributed by atoms with van der Waals surface area (Å²) in [6.07, 6.45) is 0. The third-order valence-electron chi connectivity index (χ3n) is 4.24. The van der Waals surface area contributed by atoms with Gasteiger partial charge in [-0.25, -0.2) is 12.8 Å². The van der Waals surface area contributed by atoms with Gasteiger partial charge < -0.3 is 9.80 Å². The van der Waals surface area contributed by atoms with E-state index < -0.39 is 15.8 Å². The number of hydrogen-bond acceptors (Lipinski definition) is 3. The van der Waals surface area contributed by atoms with Crippen molar-refractivity contribution in [3.8, 4) is 0 Å². The van der Waals surface area contributed by atoms with E-state index in [0.29, 0.717) is 26.2 Å². The fraction of sp³-hybridized carbons (Fsp3) is 0.533. The largest absolute Gasteiger partial charge is 0.344 e. The molecule has 0 spiro atoms. The Morgan fingerprint density at radius 3 is 2.22 bits per heavy atom. The minimum absolute atomic E-state index is 0.0369. The lowest BCUT2D eigenvalue weighted by atomic mass is 10.2. The maximum atomic E-state index is 13.0. The molecule has 2 rings (SSSR count). The molecule has 1 fully saturated rings. The second kappa shape index (κ2) is 6.94. The summed E-state index contributed by atoms with van der Waals surface area (Å²) in [5, 5.41) is 0. The fourth-order valence-electron chi connectivity index (χ4n) is 2.76. The van der Waals surface area contributed by atoms with Gasteiger partial charge in [-0.05, 0) is 31.2 Å². The van der Waals surface area contributed by atoms with E-state index in [1.807, 2.05) is 6.92 Å². The smallest absolute Gasteiger partial charge is 0.280 e. The summed E-state index contributed by atoms with van der Waals surface area (Å²) in [7, 11) is -0.175. The third kappa shape index (κ3) is 3.88. The molecule has 1 aliphatic heterocycles. The van der Waals surface area contributed by atoms with Crippen LogP contribution in [0.3, 0.4) is 0 Å². The first kappa shape index (κ1) is 17.8. The van der Waals surface area contributed by atoms with Crippen LogP contribution >= 0.6 is 0 Å². The Morgan fingerprint density at radius 2 is 1.74 bits per heavy atom. The average Bonchev–Trinajstić information content (AvgIpc) is 2.54. The SMILES string of the molecule is C[C@@H](C(=O)N(C)C)[NH+]1CCN(S(=O)(=O)c2ccc(F)cc2)CC1. The topological polar surface area (TPSA) is 62.1 Å². The van der Waals surface area contributed by atoms with Crippen molar-refractivity contribution in [2.45, 2.75) is 17.9 Å². The first-order valence-corrected chi connectivity index (χ1v) is 8.99. The Kier molecular flexibility index (Phi) is 5.38. The van der Waals surface area contributed by atoms with Crippen LogP contribution in [-0.4, -0.2) is 69.8 Å². The average molecular weight is 344 g/mol. The molecule has 1 atom stereocenters. The van der Waals surface area contributed by atoms with Gasteiger partial charge in [-0.2, -0.15) is 4.31 Å². The number of nitrogens with one attached hydrogen (secondary N) is 1. The Bertz CT molecular complexity index is 653. The molecule has 0 bridgehead atoms. The maximum Gasteiger partial charge on any atom is 0.280 e. The monoisotopic (exact) mass is 344 g/mol. The molecule has 8 heteroatoms. The number of rotatable bonds is 4. The number of likely N-dealkylation sites (N-methyl/N-ethyl adjacent to an activating group) is 1. The summed E-state index contributed by atoms with van der Waals surface area (Å²) >= 11 is 0. The number of carbonyl (C=O) groups is 1. The number of amides is 1. The molecule has 0 aliphatic carbocycles. The molecule has 0 saturated carbocycles. The van der Waals surface area contributed by atoms with Gasteiger partial charge in [0.25, 0.3) is 5.91 Å². The van der Waals surface area contributed by atoms with Crippen molar-refractivity contribution in [2.24, 2.45) is 0 Å². The number of quaternary nitrogens is 1. The Morgan fingerprint density at radius 1 is 1.22 bits per heavy atom. The minimum Gasteiger partial charge on any atom is -0.344 e. The molecule has 1 amide bonds. The Labute approximate surface area is 136 Å². The van der Waals surface area contributed by atoms with Crippen LogP contribution in [0.15, 0.2) is 29.2 Å². The van der Waals surface area contributed by atoms with Crippen molar-refractivity contribution in [1.82, 2.24) is 9.21 Å². The molecule has 1 saturated heterocycles. The summed E-state index contributed by atoms with van der Waals surface area (Å²) in [5.41, 5.74) is 0. The summed E-state index contributed by atoms with van der Waals surface area (Å²) < 4.78 is 39.4. The van der Waals surface area contributed by atoms with Crippen LogP contribution in [0.2, 0.25) is 0 Å². The minimum atomic E-state index is -3.61. The van der Waals surface area contributed by atoms with E-state index >= 15 is 0 Å². The highest BCUT2D eigenvalue weighted by molar-refractivity contribution is 7.89. The summed E-state index contributed by atoms with van der Waals surface area (Å²) in [6.45, 7) is 3.70. The fourth-order valence-corrected chi connectivity index (χ4v) is 4.21. The van der Waals surface area contributed by atoms with Crippen molar-refractivity contribution < 1.29 is 22.5 Å². The maximum absolute atomic E-state index is 13.0. The Hall–Kier alpha value is -1.51. The summed E-state index contributed by atoms with van der Waals surface area (Å²) in [6, 6.07) is 4.66. The molecule has 1 aromatic rings. The number of halogens is 1. The molecule has 1 aromatic carbocycles. The number of piperazine rings is 1. The van der Waals surface area contributed by atoms with Crippen LogP contribution in [0.4, 0.5) is 4.39 Å². The quantitative estimate of drug-likeness (QED) is 0.777. The summed E-state index contributed by atoms with van der Waals surface area (Å²) in [5.74, 6) is -0.427. The third-order valence-corrected chi connectivity index (χ3v) is 6.15. The van der Waals surface area contributed by atoms with Gasteiger partial charge in [-0.1, -0.05) is 0 Å². The Balaban J connectivity index is 2.04. The molecule has 6 nitrogen and oxygen atoms in total. The van der Waals surface area contributed by atoms with E-state index in [2.05, 4.69) is 0 Å².